The van der Waals surface area contributed by atoms with Gasteiger partial charge in [0.2, 0.25) is 41.4 Å². The monoisotopic (exact) mass is 884 g/mol. The number of nitrogens with one attached hydrogen (secondary N) is 1. The molecule has 0 saturated carbocycles. The molecule has 4 unspecified atom stereocenters. The molecule has 0 aromatic rings. The van der Waals surface area contributed by atoms with Crippen molar-refractivity contribution in [2.45, 2.75) is 200 Å². The van der Waals surface area contributed by atoms with E-state index in [9.17, 15) is 54.0 Å². The Morgan fingerprint density at radius 3 is 1.18 bits per heavy atom. The summed E-state index contributed by atoms with van der Waals surface area (Å²) in [5, 5.41) is 42.1. The molecule has 0 heterocycles. The van der Waals surface area contributed by atoms with E-state index in [2.05, 4.69) is 12.2 Å². The number of aliphatic hydroxyl groups is 4. The normalized spacial score (nSPS) is 13.7. The Morgan fingerprint density at radius 2 is 0.855 bits per heavy atom. The van der Waals surface area contributed by atoms with E-state index in [-0.39, 0.29) is 18.9 Å². The van der Waals surface area contributed by atoms with Crippen LogP contribution in [-0.4, -0.2) is 117 Å². The molecule has 62 heavy (non-hydrogen) atoms. The molecule has 0 radical (unpaired) electrons. The summed E-state index contributed by atoms with van der Waals surface area (Å²) in [5.74, 6) is -11.4. The molecule has 16 nitrogen and oxygen atoms in total. The Hall–Kier alpha value is -3.47. The number of imide groups is 2. The SMILES string of the molecule is CCCCCCCCCCCCCCCC(=O)NC(CO)C(O)CCCCCCCCCCCCC(C(C(N)=O)C(=O)N(CCO)C(C)=O)C(C(N)=O)C(=O)N(CCO)C(C)=O. The van der Waals surface area contributed by atoms with Gasteiger partial charge in [-0.25, -0.2) is 0 Å². The summed E-state index contributed by atoms with van der Waals surface area (Å²) in [7, 11) is 0. The van der Waals surface area contributed by atoms with Crippen LogP contribution in [0, 0.1) is 17.8 Å². The number of primary amides is 2. The van der Waals surface area contributed by atoms with Gasteiger partial charge in [0.15, 0.2) is 0 Å². The topological polar surface area (TPSA) is 271 Å². The van der Waals surface area contributed by atoms with Crippen molar-refractivity contribution >= 4 is 41.4 Å². The van der Waals surface area contributed by atoms with E-state index < -0.39 is 91.6 Å². The highest BCUT2D eigenvalue weighted by Gasteiger charge is 2.47. The third-order valence-electron chi connectivity index (χ3n) is 11.7. The molecule has 0 aromatic carbocycles. The fourth-order valence-electron chi connectivity index (χ4n) is 8.13. The maximum Gasteiger partial charge on any atom is 0.242 e. The first-order chi connectivity index (χ1) is 29.7. The van der Waals surface area contributed by atoms with E-state index in [1.165, 1.54) is 64.2 Å². The van der Waals surface area contributed by atoms with Gasteiger partial charge >= 0.3 is 0 Å². The Labute approximate surface area is 371 Å². The maximum absolute atomic E-state index is 13.5. The molecule has 9 N–H and O–H groups in total. The minimum Gasteiger partial charge on any atom is -0.395 e. The highest BCUT2D eigenvalue weighted by molar-refractivity contribution is 6.09. The van der Waals surface area contributed by atoms with Crippen molar-refractivity contribution in [3.8, 4) is 0 Å². The first-order valence-corrected chi connectivity index (χ1v) is 23.7. The van der Waals surface area contributed by atoms with E-state index in [1.54, 1.807) is 0 Å². The van der Waals surface area contributed by atoms with Gasteiger partial charge in [-0.3, -0.25) is 43.4 Å². The van der Waals surface area contributed by atoms with E-state index in [1.807, 2.05) is 0 Å². The highest BCUT2D eigenvalue weighted by Crippen LogP contribution is 2.31. The molecule has 0 bridgehead atoms. The fourth-order valence-corrected chi connectivity index (χ4v) is 8.13. The van der Waals surface area contributed by atoms with Crippen molar-refractivity contribution in [1.82, 2.24) is 15.1 Å². The van der Waals surface area contributed by atoms with Crippen molar-refractivity contribution in [3.05, 3.63) is 0 Å². The molecule has 4 atom stereocenters. The van der Waals surface area contributed by atoms with Gasteiger partial charge in [-0.1, -0.05) is 148 Å². The molecular weight excluding hydrogens is 799 g/mol. The van der Waals surface area contributed by atoms with Crippen molar-refractivity contribution in [1.29, 1.82) is 0 Å². The minimum absolute atomic E-state index is 0.0411. The van der Waals surface area contributed by atoms with Crippen LogP contribution in [-0.2, 0) is 33.6 Å². The number of aliphatic hydroxyl groups excluding tert-OH is 4. The molecule has 0 fully saturated rings. The molecule has 0 aliphatic rings. The summed E-state index contributed by atoms with van der Waals surface area (Å²) >= 11 is 0. The van der Waals surface area contributed by atoms with Gasteiger partial charge in [0.05, 0.1) is 45.1 Å². The van der Waals surface area contributed by atoms with Crippen LogP contribution in [0.3, 0.4) is 0 Å². The second-order valence-corrected chi connectivity index (χ2v) is 16.9. The van der Waals surface area contributed by atoms with E-state index in [4.69, 9.17) is 11.5 Å². The zero-order valence-electron chi connectivity index (χ0n) is 38.5. The number of amides is 7. The van der Waals surface area contributed by atoms with Gasteiger partial charge in [0.25, 0.3) is 0 Å². The Balaban J connectivity index is 4.72. The van der Waals surface area contributed by atoms with Crippen LogP contribution < -0.4 is 16.8 Å². The summed E-state index contributed by atoms with van der Waals surface area (Å²) in [6.45, 7) is 1.92. The highest BCUT2D eigenvalue weighted by atomic mass is 16.3. The molecule has 360 valence electrons. The van der Waals surface area contributed by atoms with Crippen LogP contribution >= 0.6 is 0 Å². The fraction of sp³-hybridized carbons (Fsp3) is 0.848. The average molecular weight is 884 g/mol. The second kappa shape index (κ2) is 37.0. The Bertz CT molecular complexity index is 1230. The number of carbonyl (C=O) groups is 7. The van der Waals surface area contributed by atoms with Crippen molar-refractivity contribution in [2.75, 3.05) is 32.9 Å². The number of nitrogens with two attached hydrogens (primary N) is 2. The number of nitrogens with zero attached hydrogens (tertiary/aromatic N) is 2. The van der Waals surface area contributed by atoms with Gasteiger partial charge in [0.1, 0.15) is 11.8 Å². The predicted molar refractivity (Wildman–Crippen MR) is 239 cm³/mol. The quantitative estimate of drug-likeness (QED) is 0.0332. The van der Waals surface area contributed by atoms with Gasteiger partial charge in [-0.15, -0.1) is 0 Å². The second-order valence-electron chi connectivity index (χ2n) is 16.9. The summed E-state index contributed by atoms with van der Waals surface area (Å²) < 4.78 is 0. The maximum atomic E-state index is 13.5. The van der Waals surface area contributed by atoms with E-state index >= 15 is 0 Å². The first-order valence-electron chi connectivity index (χ1n) is 23.7. The zero-order valence-corrected chi connectivity index (χ0v) is 38.5. The predicted octanol–water partition coefficient (Wildman–Crippen LogP) is 4.54. The van der Waals surface area contributed by atoms with Crippen molar-refractivity contribution in [2.24, 2.45) is 29.2 Å². The first kappa shape index (κ1) is 58.5. The van der Waals surface area contributed by atoms with Gasteiger partial charge < -0.3 is 37.2 Å². The molecule has 7 amide bonds. The lowest BCUT2D eigenvalue weighted by molar-refractivity contribution is -0.154. The largest absolute Gasteiger partial charge is 0.395 e. The van der Waals surface area contributed by atoms with Gasteiger partial charge in [0, 0.05) is 20.3 Å². The van der Waals surface area contributed by atoms with Gasteiger partial charge in [-0.05, 0) is 25.2 Å². The third kappa shape index (κ3) is 25.6. The molecule has 0 spiro atoms. The lowest BCUT2D eigenvalue weighted by Gasteiger charge is -2.33. The lowest BCUT2D eigenvalue weighted by atomic mass is 9.75. The van der Waals surface area contributed by atoms with Crippen LogP contribution in [0.25, 0.3) is 0 Å². The van der Waals surface area contributed by atoms with Crippen LogP contribution in [0.15, 0.2) is 0 Å². The number of rotatable bonds is 40. The summed E-state index contributed by atoms with van der Waals surface area (Å²) in [6, 6.07) is -0.674. The Morgan fingerprint density at radius 1 is 0.516 bits per heavy atom. The summed E-state index contributed by atoms with van der Waals surface area (Å²) in [5.41, 5.74) is 11.3. The van der Waals surface area contributed by atoms with Gasteiger partial charge in [-0.2, -0.15) is 0 Å². The molecule has 0 aliphatic carbocycles. The van der Waals surface area contributed by atoms with Crippen LogP contribution in [0.2, 0.25) is 0 Å². The number of hydrogen-bond donors (Lipinski definition) is 7. The molecule has 0 rings (SSSR count). The van der Waals surface area contributed by atoms with Crippen molar-refractivity contribution < 1.29 is 54.0 Å². The van der Waals surface area contributed by atoms with E-state index in [0.29, 0.717) is 35.5 Å². The molecular formula is C46H85N5O11. The number of hydrogen-bond acceptors (Lipinski definition) is 11. The molecule has 0 aromatic heterocycles. The number of unbranched alkanes of at least 4 members (excludes halogenated alkanes) is 21. The zero-order chi connectivity index (χ0) is 46.7. The summed E-state index contributed by atoms with van der Waals surface area (Å²) in [4.78, 5) is 90.9. The van der Waals surface area contributed by atoms with Crippen LogP contribution in [0.1, 0.15) is 188 Å². The van der Waals surface area contributed by atoms with E-state index in [0.717, 1.165) is 84.5 Å². The average Bonchev–Trinajstić information content (AvgIpc) is 3.22. The molecule has 0 saturated heterocycles. The van der Waals surface area contributed by atoms with Crippen molar-refractivity contribution in [3.63, 3.8) is 0 Å². The van der Waals surface area contributed by atoms with Crippen LogP contribution in [0.5, 0.6) is 0 Å². The lowest BCUT2D eigenvalue weighted by Crippen LogP contribution is -2.54. The summed E-state index contributed by atoms with van der Waals surface area (Å²) in [6.07, 6.45) is 24.2. The standard InChI is InChI=1S/C46H85N5O11/c1-4-5-6-7-8-9-10-11-12-17-20-23-26-29-40(58)49-38(34-54)39(57)28-25-22-19-16-14-13-15-18-21-24-27-37(41(43(47)59)45(61)50(30-32-52)35(2)55)42(44(48)60)46(62)51(31-33-53)36(3)56/h37-39,41-42,52-54,57H,4-34H2,1-3H3,(H2,47,59)(H2,48,60)(H,49,58). The molecule has 0 aliphatic heterocycles. The smallest absolute Gasteiger partial charge is 0.242 e. The minimum atomic E-state index is -1.84. The Kier molecular flexibility index (Phi) is 34.9. The number of carbonyl (C=O) groups excluding carboxylic acids is 7. The third-order valence-corrected chi connectivity index (χ3v) is 11.7. The molecule has 16 heteroatoms. The van der Waals surface area contributed by atoms with Crippen LogP contribution in [0.4, 0.5) is 0 Å².